The molecule has 1 heterocycles. The quantitative estimate of drug-likeness (QED) is 0.669. The van der Waals surface area contributed by atoms with Gasteiger partial charge in [-0.1, -0.05) is 0 Å². The lowest BCUT2D eigenvalue weighted by Gasteiger charge is -2.10. The van der Waals surface area contributed by atoms with Gasteiger partial charge in [0.2, 0.25) is 0 Å². The molecule has 0 aliphatic carbocycles. The second-order valence-electron chi connectivity index (χ2n) is 4.54. The maximum atomic E-state index is 13.4. The summed E-state index contributed by atoms with van der Waals surface area (Å²) in [5, 5.41) is 9.61. The van der Waals surface area contributed by atoms with Gasteiger partial charge in [-0.3, -0.25) is 0 Å². The van der Waals surface area contributed by atoms with E-state index in [1.54, 1.807) is 0 Å². The van der Waals surface area contributed by atoms with E-state index in [-0.39, 0.29) is 11.3 Å². The van der Waals surface area contributed by atoms with E-state index in [4.69, 9.17) is 5.73 Å². The first-order valence-corrected chi connectivity index (χ1v) is 6.94. The van der Waals surface area contributed by atoms with Crippen molar-refractivity contribution in [3.63, 3.8) is 0 Å². The molecule has 110 valence electrons. The van der Waals surface area contributed by atoms with Gasteiger partial charge in [0.15, 0.2) is 5.16 Å². The molecular weight excluding hydrogens is 293 g/mol. The molecule has 0 amide bonds. The number of aromatic carboxylic acids is 1. The zero-order valence-electron chi connectivity index (χ0n) is 11.8. The fourth-order valence-electron chi connectivity index (χ4n) is 1.77. The van der Waals surface area contributed by atoms with Crippen molar-refractivity contribution in [1.82, 2.24) is 9.97 Å². The third-order valence-corrected chi connectivity index (χ3v) is 4.11. The maximum Gasteiger partial charge on any atom is 0.339 e. The van der Waals surface area contributed by atoms with Gasteiger partial charge in [0, 0.05) is 16.3 Å². The van der Waals surface area contributed by atoms with Gasteiger partial charge in [0.1, 0.15) is 5.82 Å². The number of carboxylic acids is 1. The summed E-state index contributed by atoms with van der Waals surface area (Å²) in [6.45, 7) is 5.62. The van der Waals surface area contributed by atoms with Gasteiger partial charge in [-0.25, -0.2) is 19.2 Å². The molecule has 1 aromatic carbocycles. The number of carbonyl (C=O) groups is 1. The molecular formula is C14H14FN3O2S. The molecule has 7 heteroatoms. The van der Waals surface area contributed by atoms with E-state index in [2.05, 4.69) is 9.97 Å². The minimum absolute atomic E-state index is 0.264. The Morgan fingerprint density at radius 2 is 1.81 bits per heavy atom. The van der Waals surface area contributed by atoms with E-state index >= 15 is 0 Å². The van der Waals surface area contributed by atoms with Crippen molar-refractivity contribution in [2.75, 3.05) is 5.73 Å². The van der Waals surface area contributed by atoms with Crippen LogP contribution in [0.4, 0.5) is 10.1 Å². The molecule has 0 saturated heterocycles. The first kappa shape index (κ1) is 15.2. The molecule has 5 nitrogen and oxygen atoms in total. The summed E-state index contributed by atoms with van der Waals surface area (Å²) in [6, 6.07) is 2.51. The number of nitrogen functional groups attached to an aromatic ring is 1. The van der Waals surface area contributed by atoms with Crippen LogP contribution in [-0.2, 0) is 0 Å². The van der Waals surface area contributed by atoms with Crippen LogP contribution >= 0.6 is 11.8 Å². The van der Waals surface area contributed by atoms with Crippen LogP contribution in [0.2, 0.25) is 0 Å². The van der Waals surface area contributed by atoms with Crippen LogP contribution in [0.1, 0.15) is 27.3 Å². The molecule has 0 spiro atoms. The smallest absolute Gasteiger partial charge is 0.339 e. The zero-order valence-corrected chi connectivity index (χ0v) is 12.6. The first-order chi connectivity index (χ1) is 9.81. The molecule has 0 aliphatic rings. The van der Waals surface area contributed by atoms with Crippen molar-refractivity contribution in [1.29, 1.82) is 0 Å². The summed E-state index contributed by atoms with van der Waals surface area (Å²) in [5.74, 6) is -2.04. The Kier molecular flexibility index (Phi) is 4.13. The normalized spacial score (nSPS) is 10.7. The van der Waals surface area contributed by atoms with E-state index in [1.165, 1.54) is 6.07 Å². The summed E-state index contributed by atoms with van der Waals surface area (Å²) in [6.07, 6.45) is 0. The third kappa shape index (κ3) is 2.97. The Balaban J connectivity index is 2.50. The molecule has 0 unspecified atom stereocenters. The molecule has 1 aromatic heterocycles. The molecule has 0 saturated carbocycles. The molecule has 2 rings (SSSR count). The molecule has 0 atom stereocenters. The Labute approximate surface area is 125 Å². The summed E-state index contributed by atoms with van der Waals surface area (Å²) in [5.41, 5.74) is 7.48. The molecule has 2 aromatic rings. The number of hydrogen-bond donors (Lipinski definition) is 2. The molecule has 0 fully saturated rings. The van der Waals surface area contributed by atoms with Crippen molar-refractivity contribution in [2.45, 2.75) is 30.8 Å². The van der Waals surface area contributed by atoms with Crippen LogP contribution in [0.3, 0.4) is 0 Å². The van der Waals surface area contributed by atoms with Gasteiger partial charge in [-0.05, 0) is 50.2 Å². The van der Waals surface area contributed by atoms with Crippen LogP contribution in [0, 0.1) is 26.6 Å². The molecule has 0 radical (unpaired) electrons. The Morgan fingerprint density at radius 3 is 2.33 bits per heavy atom. The highest BCUT2D eigenvalue weighted by atomic mass is 32.2. The lowest BCUT2D eigenvalue weighted by molar-refractivity contribution is 0.0694. The Hall–Kier alpha value is -2.15. The highest BCUT2D eigenvalue weighted by Gasteiger charge is 2.19. The van der Waals surface area contributed by atoms with Crippen molar-refractivity contribution in [2.24, 2.45) is 0 Å². The molecule has 21 heavy (non-hydrogen) atoms. The van der Waals surface area contributed by atoms with Crippen LogP contribution in [0.5, 0.6) is 0 Å². The molecule has 0 bridgehead atoms. The van der Waals surface area contributed by atoms with E-state index in [0.29, 0.717) is 10.1 Å². The standard InChI is InChI=1S/C14H14FN3O2S/c1-6-7(2)17-14(18-8(6)3)21-10-5-4-9(15)12(16)11(10)13(19)20/h4-5H,16H2,1-3H3,(H,19,20). The van der Waals surface area contributed by atoms with Gasteiger partial charge in [-0.15, -0.1) is 0 Å². The summed E-state index contributed by atoms with van der Waals surface area (Å²) < 4.78 is 13.4. The lowest BCUT2D eigenvalue weighted by Crippen LogP contribution is -2.07. The van der Waals surface area contributed by atoms with Gasteiger partial charge < -0.3 is 10.8 Å². The number of benzene rings is 1. The fourth-order valence-corrected chi connectivity index (χ4v) is 2.76. The average molecular weight is 307 g/mol. The number of halogens is 1. The van der Waals surface area contributed by atoms with Crippen molar-refractivity contribution in [3.8, 4) is 0 Å². The molecule has 0 aliphatic heterocycles. The topological polar surface area (TPSA) is 89.1 Å². The van der Waals surface area contributed by atoms with Crippen molar-refractivity contribution >= 4 is 23.4 Å². The second kappa shape index (κ2) is 5.69. The highest BCUT2D eigenvalue weighted by Crippen LogP contribution is 2.33. The first-order valence-electron chi connectivity index (χ1n) is 6.12. The Bertz CT molecular complexity index is 711. The average Bonchev–Trinajstić information content (AvgIpc) is 2.40. The lowest BCUT2D eigenvalue weighted by atomic mass is 10.2. The minimum atomic E-state index is -1.28. The number of carboxylic acid groups (broad SMARTS) is 1. The van der Waals surface area contributed by atoms with E-state index < -0.39 is 11.8 Å². The van der Waals surface area contributed by atoms with E-state index in [9.17, 15) is 14.3 Å². The number of rotatable bonds is 3. The number of hydrogen-bond acceptors (Lipinski definition) is 5. The van der Waals surface area contributed by atoms with E-state index in [0.717, 1.165) is 34.8 Å². The number of nitrogens with two attached hydrogens (primary N) is 1. The summed E-state index contributed by atoms with van der Waals surface area (Å²) in [4.78, 5) is 20.2. The van der Waals surface area contributed by atoms with Gasteiger partial charge >= 0.3 is 5.97 Å². The third-order valence-electron chi connectivity index (χ3n) is 3.18. The van der Waals surface area contributed by atoms with Crippen molar-refractivity contribution < 1.29 is 14.3 Å². The van der Waals surface area contributed by atoms with Gasteiger partial charge in [0.05, 0.1) is 11.3 Å². The monoisotopic (exact) mass is 307 g/mol. The van der Waals surface area contributed by atoms with Crippen LogP contribution in [0.25, 0.3) is 0 Å². The van der Waals surface area contributed by atoms with Gasteiger partial charge in [0.25, 0.3) is 0 Å². The fraction of sp³-hybridized carbons (Fsp3) is 0.214. The van der Waals surface area contributed by atoms with Crippen molar-refractivity contribution in [3.05, 3.63) is 40.5 Å². The number of aromatic nitrogens is 2. The van der Waals surface area contributed by atoms with Crippen LogP contribution in [0.15, 0.2) is 22.2 Å². The number of anilines is 1. The van der Waals surface area contributed by atoms with Gasteiger partial charge in [-0.2, -0.15) is 0 Å². The van der Waals surface area contributed by atoms with Crippen LogP contribution < -0.4 is 5.73 Å². The number of nitrogens with zero attached hydrogens (tertiary/aromatic N) is 2. The SMILES string of the molecule is Cc1nc(Sc2ccc(F)c(N)c2C(=O)O)nc(C)c1C. The minimum Gasteiger partial charge on any atom is -0.478 e. The second-order valence-corrected chi connectivity index (χ2v) is 5.55. The number of aryl methyl sites for hydroxylation is 2. The molecule has 3 N–H and O–H groups in total. The predicted molar refractivity (Wildman–Crippen MR) is 78.1 cm³/mol. The largest absolute Gasteiger partial charge is 0.478 e. The highest BCUT2D eigenvalue weighted by molar-refractivity contribution is 7.99. The zero-order chi connectivity index (χ0) is 15.7. The maximum absolute atomic E-state index is 13.4. The van der Waals surface area contributed by atoms with E-state index in [1.807, 2.05) is 20.8 Å². The van der Waals surface area contributed by atoms with Crippen LogP contribution in [-0.4, -0.2) is 21.0 Å². The summed E-state index contributed by atoms with van der Waals surface area (Å²) >= 11 is 1.05. The summed E-state index contributed by atoms with van der Waals surface area (Å²) in [7, 11) is 0. The Morgan fingerprint density at radius 1 is 1.24 bits per heavy atom. The predicted octanol–water partition coefficient (Wildman–Crippen LogP) is 2.97.